The number of rotatable bonds is 12. The Kier molecular flexibility index (Phi) is 9.98. The Morgan fingerprint density at radius 2 is 1.88 bits per heavy atom. The molecule has 1 aliphatic carbocycles. The summed E-state index contributed by atoms with van der Waals surface area (Å²) in [7, 11) is -0.531. The average molecular weight is 615 g/mol. The molecule has 3 aromatic rings. The Hall–Kier alpha value is -2.98. The molecule has 1 saturated carbocycles. The third-order valence-electron chi connectivity index (χ3n) is 7.92. The van der Waals surface area contributed by atoms with E-state index in [1.54, 1.807) is 30.3 Å². The molecule has 0 bridgehead atoms. The number of aliphatic hydroxyl groups excluding tert-OH is 1. The minimum absolute atomic E-state index is 0.0180. The highest BCUT2D eigenvalue weighted by Crippen LogP contribution is 2.37. The van der Waals surface area contributed by atoms with Gasteiger partial charge < -0.3 is 24.3 Å². The molecule has 0 saturated heterocycles. The maximum Gasteiger partial charge on any atom is 0.251 e. The molecule has 0 aliphatic heterocycles. The van der Waals surface area contributed by atoms with Crippen LogP contribution in [0.4, 0.5) is 4.39 Å². The monoisotopic (exact) mass is 614 g/mol. The van der Waals surface area contributed by atoms with Crippen molar-refractivity contribution in [3.8, 4) is 22.8 Å². The molecular weight excluding hydrogens is 575 g/mol. The summed E-state index contributed by atoms with van der Waals surface area (Å²) in [6, 6.07) is 13.0. The van der Waals surface area contributed by atoms with E-state index in [9.17, 15) is 14.3 Å². The molecule has 226 valence electrons. The van der Waals surface area contributed by atoms with E-state index in [2.05, 4.69) is 44.2 Å². The van der Waals surface area contributed by atoms with Crippen molar-refractivity contribution in [2.45, 2.75) is 64.5 Å². The molecule has 1 aliphatic rings. The first-order chi connectivity index (χ1) is 19.8. The predicted molar refractivity (Wildman–Crippen MR) is 165 cm³/mol. The summed E-state index contributed by atoms with van der Waals surface area (Å²) in [6.07, 6.45) is 1.23. The van der Waals surface area contributed by atoms with Gasteiger partial charge in [-0.1, -0.05) is 32.4 Å². The number of methoxy groups -OCH3 is 1. The van der Waals surface area contributed by atoms with Crippen molar-refractivity contribution in [3.05, 3.63) is 76.2 Å². The Bertz CT molecular complexity index is 1420. The third-order valence-corrected chi connectivity index (χ3v) is 12.7. The fraction of sp³-hybridized carbons (Fsp3) is 0.438. The molecule has 0 radical (unpaired) electrons. The van der Waals surface area contributed by atoms with E-state index < -0.39 is 20.2 Å². The molecule has 42 heavy (non-hydrogen) atoms. The van der Waals surface area contributed by atoms with Gasteiger partial charge in [0.2, 0.25) is 0 Å². The summed E-state index contributed by atoms with van der Waals surface area (Å²) >= 11 is 6.05. The smallest absolute Gasteiger partial charge is 0.251 e. The number of hydrogen-bond acceptors (Lipinski definition) is 6. The highest BCUT2D eigenvalue weighted by molar-refractivity contribution is 6.74. The van der Waals surface area contributed by atoms with Crippen LogP contribution in [0.5, 0.6) is 11.5 Å². The van der Waals surface area contributed by atoms with Crippen LogP contribution in [0.3, 0.4) is 0 Å². The van der Waals surface area contributed by atoms with Crippen LogP contribution >= 0.6 is 11.6 Å². The van der Waals surface area contributed by atoms with Crippen LogP contribution in [0.25, 0.3) is 11.3 Å². The van der Waals surface area contributed by atoms with Gasteiger partial charge in [-0.3, -0.25) is 4.79 Å². The zero-order valence-corrected chi connectivity index (χ0v) is 26.8. The second kappa shape index (κ2) is 13.1. The molecule has 1 unspecified atom stereocenters. The lowest BCUT2D eigenvalue weighted by Crippen LogP contribution is -2.40. The van der Waals surface area contributed by atoms with Crippen molar-refractivity contribution in [1.29, 1.82) is 0 Å². The number of benzene rings is 2. The number of aliphatic hydroxyl groups is 1. The van der Waals surface area contributed by atoms with Crippen LogP contribution < -0.4 is 14.8 Å². The molecule has 10 heteroatoms. The first-order valence-corrected chi connectivity index (χ1v) is 17.4. The number of hydrogen-bond donors (Lipinski definition) is 2. The fourth-order valence-corrected chi connectivity index (χ4v) is 5.11. The summed E-state index contributed by atoms with van der Waals surface area (Å²) in [5.41, 5.74) is 2.65. The number of carbonyl (C=O) groups is 1. The number of pyridine rings is 1. The van der Waals surface area contributed by atoms with Gasteiger partial charge >= 0.3 is 0 Å². The van der Waals surface area contributed by atoms with Crippen LogP contribution in [0, 0.1) is 11.7 Å². The summed E-state index contributed by atoms with van der Waals surface area (Å²) in [5, 5.41) is 13.9. The van der Waals surface area contributed by atoms with Gasteiger partial charge in [0.05, 0.1) is 36.7 Å². The third kappa shape index (κ3) is 8.10. The predicted octanol–water partition coefficient (Wildman–Crippen LogP) is 7.32. The summed E-state index contributed by atoms with van der Waals surface area (Å²) in [5.74, 6) is 0.757. The quantitative estimate of drug-likeness (QED) is 0.208. The van der Waals surface area contributed by atoms with Gasteiger partial charge in [-0.2, -0.15) is 0 Å². The van der Waals surface area contributed by atoms with Crippen molar-refractivity contribution in [3.63, 3.8) is 0 Å². The molecule has 4 rings (SSSR count). The lowest BCUT2D eigenvalue weighted by molar-refractivity contribution is 0.0913. The van der Waals surface area contributed by atoms with E-state index in [0.29, 0.717) is 53.1 Å². The van der Waals surface area contributed by atoms with Gasteiger partial charge in [0, 0.05) is 17.7 Å². The van der Waals surface area contributed by atoms with Crippen LogP contribution in [0.2, 0.25) is 23.2 Å². The van der Waals surface area contributed by atoms with Crippen molar-refractivity contribution >= 4 is 25.8 Å². The lowest BCUT2D eigenvalue weighted by atomic mass is 10.1. The van der Waals surface area contributed by atoms with Crippen molar-refractivity contribution in [1.82, 2.24) is 10.3 Å². The van der Waals surface area contributed by atoms with Crippen molar-refractivity contribution in [2.24, 2.45) is 5.92 Å². The Morgan fingerprint density at radius 3 is 2.52 bits per heavy atom. The van der Waals surface area contributed by atoms with Crippen molar-refractivity contribution < 1.29 is 28.2 Å². The van der Waals surface area contributed by atoms with Gasteiger partial charge in [-0.05, 0) is 91.0 Å². The fourth-order valence-electron chi connectivity index (χ4n) is 3.96. The standard InChI is InChI=1S/C32H40ClFN2O5Si/c1-32(2,3)42(5,6)41-19-21-13-26(22-9-11-25(34)24(33)15-22)36-27(14-21)28(37)17-35-31(38)23-10-12-29(30(16-23)39-4)40-18-20-7-8-20/h9-16,20,28,37H,7-8,17-19H2,1-6H3,(H,35,38). The maximum absolute atomic E-state index is 13.9. The van der Waals surface area contributed by atoms with Gasteiger partial charge in [-0.25, -0.2) is 9.37 Å². The molecule has 1 heterocycles. The number of halogens is 2. The lowest BCUT2D eigenvalue weighted by Gasteiger charge is -2.36. The van der Waals surface area contributed by atoms with E-state index in [1.165, 1.54) is 32.1 Å². The Labute approximate surface area is 253 Å². The van der Waals surface area contributed by atoms with E-state index in [-0.39, 0.29) is 22.5 Å². The zero-order chi connectivity index (χ0) is 30.7. The van der Waals surface area contributed by atoms with Crippen molar-refractivity contribution in [2.75, 3.05) is 20.3 Å². The molecule has 1 amide bonds. The van der Waals surface area contributed by atoms with E-state index in [0.717, 1.165) is 5.56 Å². The van der Waals surface area contributed by atoms with E-state index in [1.807, 2.05) is 6.07 Å². The van der Waals surface area contributed by atoms with Gasteiger partial charge in [0.25, 0.3) is 5.91 Å². The highest BCUT2D eigenvalue weighted by Gasteiger charge is 2.37. The number of aromatic nitrogens is 1. The van der Waals surface area contributed by atoms with Gasteiger partial charge in [-0.15, -0.1) is 0 Å². The number of nitrogens with one attached hydrogen (secondary N) is 1. The molecule has 1 fully saturated rings. The minimum Gasteiger partial charge on any atom is -0.493 e. The number of ether oxygens (including phenoxy) is 2. The Morgan fingerprint density at radius 1 is 1.14 bits per heavy atom. The molecule has 1 aromatic heterocycles. The summed E-state index contributed by atoms with van der Waals surface area (Å²) < 4.78 is 31.5. The second-order valence-corrected chi connectivity index (χ2v) is 17.5. The van der Waals surface area contributed by atoms with Crippen LogP contribution in [0.1, 0.15) is 61.3 Å². The van der Waals surface area contributed by atoms with Gasteiger partial charge in [0.1, 0.15) is 11.9 Å². The number of nitrogens with zero attached hydrogens (tertiary/aromatic N) is 1. The molecule has 7 nitrogen and oxygen atoms in total. The van der Waals surface area contributed by atoms with E-state index in [4.69, 9.17) is 25.5 Å². The molecule has 2 N–H and O–H groups in total. The molecular formula is C32H40ClFN2O5Si. The van der Waals surface area contributed by atoms with E-state index >= 15 is 0 Å². The molecule has 0 spiro atoms. The molecule has 1 atom stereocenters. The minimum atomic E-state index is -2.06. The first kappa shape index (κ1) is 31.9. The van der Waals surface area contributed by atoms with Crippen LogP contribution in [-0.2, 0) is 11.0 Å². The Balaban J connectivity index is 1.51. The number of amides is 1. The SMILES string of the molecule is COc1cc(C(=O)NCC(O)c2cc(CO[Si](C)(C)C(C)(C)C)cc(-c3ccc(F)c(Cl)c3)n2)ccc1OCC1CC1. The average Bonchev–Trinajstić information content (AvgIpc) is 3.78. The largest absolute Gasteiger partial charge is 0.493 e. The summed E-state index contributed by atoms with van der Waals surface area (Å²) in [4.78, 5) is 17.6. The number of carbonyl (C=O) groups excluding carboxylic acids is 1. The first-order valence-electron chi connectivity index (χ1n) is 14.1. The van der Waals surface area contributed by atoms with Crippen LogP contribution in [-0.4, -0.2) is 44.6 Å². The van der Waals surface area contributed by atoms with Gasteiger partial charge in [0.15, 0.2) is 19.8 Å². The summed E-state index contributed by atoms with van der Waals surface area (Å²) in [6.45, 7) is 11.7. The van der Waals surface area contributed by atoms with Crippen LogP contribution in [0.15, 0.2) is 48.5 Å². The zero-order valence-electron chi connectivity index (χ0n) is 25.1. The highest BCUT2D eigenvalue weighted by atomic mass is 35.5. The maximum atomic E-state index is 13.9. The normalized spacial score (nSPS) is 14.4. The topological polar surface area (TPSA) is 89.9 Å². The second-order valence-electron chi connectivity index (χ2n) is 12.3. The molecule has 2 aromatic carbocycles.